The van der Waals surface area contributed by atoms with Gasteiger partial charge in [0.25, 0.3) is 0 Å². The Morgan fingerprint density at radius 1 is 1.08 bits per heavy atom. The lowest BCUT2D eigenvalue weighted by atomic mass is 10.1. The van der Waals surface area contributed by atoms with Crippen LogP contribution in [0.4, 0.5) is 0 Å². The maximum absolute atomic E-state index is 6.00. The maximum atomic E-state index is 6.00. The van der Waals surface area contributed by atoms with Crippen molar-refractivity contribution in [2.45, 2.75) is 12.6 Å². The van der Waals surface area contributed by atoms with Crippen molar-refractivity contribution in [2.24, 2.45) is 0 Å². The molecule has 0 atom stereocenters. The third-order valence-electron chi connectivity index (χ3n) is 4.41. The van der Waals surface area contributed by atoms with Gasteiger partial charge in [0, 0.05) is 43.8 Å². The van der Waals surface area contributed by atoms with Gasteiger partial charge in [0.05, 0.1) is 13.4 Å². The van der Waals surface area contributed by atoms with E-state index < -0.39 is 0 Å². The highest BCUT2D eigenvalue weighted by molar-refractivity contribution is 5.35. The van der Waals surface area contributed by atoms with Crippen molar-refractivity contribution in [1.29, 1.82) is 0 Å². The maximum Gasteiger partial charge on any atom is 0.124 e. The fourth-order valence-electron chi connectivity index (χ4n) is 3.04. The van der Waals surface area contributed by atoms with E-state index >= 15 is 0 Å². The van der Waals surface area contributed by atoms with Crippen LogP contribution in [0.15, 0.2) is 67.3 Å². The van der Waals surface area contributed by atoms with E-state index in [0.29, 0.717) is 0 Å². The molecule has 0 radical (unpaired) electrons. The van der Waals surface area contributed by atoms with E-state index in [0.717, 1.165) is 36.8 Å². The number of nitrogens with zero attached hydrogens (tertiary/aromatic N) is 3. The number of aromatic nitrogens is 2. The van der Waals surface area contributed by atoms with Crippen LogP contribution in [0.3, 0.4) is 0 Å². The Balaban J connectivity index is 1.28. The standard InChI is InChI=1S/C20H21N3O2/c1-24-18-3-2-4-19(11-18)25-20-13-22(14-20)12-16-5-7-17(8-6-16)23-10-9-21-15-23/h2-11,15,20H,12-14H2,1H3. The van der Waals surface area contributed by atoms with Crippen molar-refractivity contribution in [3.63, 3.8) is 0 Å². The van der Waals surface area contributed by atoms with Crippen LogP contribution < -0.4 is 9.47 Å². The quantitative estimate of drug-likeness (QED) is 0.694. The SMILES string of the molecule is COc1cccc(OC2CN(Cc3ccc(-n4ccnc4)cc3)C2)c1. The highest BCUT2D eigenvalue weighted by Gasteiger charge is 2.28. The Kier molecular flexibility index (Phi) is 4.39. The number of benzene rings is 2. The van der Waals surface area contributed by atoms with Gasteiger partial charge in [-0.25, -0.2) is 4.98 Å². The topological polar surface area (TPSA) is 39.5 Å². The van der Waals surface area contributed by atoms with Crippen molar-refractivity contribution < 1.29 is 9.47 Å². The molecule has 0 amide bonds. The van der Waals surface area contributed by atoms with Gasteiger partial charge in [-0.15, -0.1) is 0 Å². The number of hydrogen-bond acceptors (Lipinski definition) is 4. The zero-order chi connectivity index (χ0) is 17.1. The summed E-state index contributed by atoms with van der Waals surface area (Å²) in [7, 11) is 1.67. The molecule has 0 unspecified atom stereocenters. The summed E-state index contributed by atoms with van der Waals surface area (Å²) in [6.07, 6.45) is 5.80. The summed E-state index contributed by atoms with van der Waals surface area (Å²) in [6.45, 7) is 2.84. The molecule has 128 valence electrons. The molecule has 3 aromatic rings. The van der Waals surface area contributed by atoms with Gasteiger partial charge in [0.1, 0.15) is 17.6 Å². The predicted octanol–water partition coefficient (Wildman–Crippen LogP) is 3.14. The Bertz CT molecular complexity index is 809. The van der Waals surface area contributed by atoms with E-state index in [2.05, 4.69) is 34.1 Å². The van der Waals surface area contributed by atoms with Crippen molar-refractivity contribution in [3.8, 4) is 17.2 Å². The van der Waals surface area contributed by atoms with Crippen LogP contribution in [0.1, 0.15) is 5.56 Å². The Hall–Kier alpha value is -2.79. The second-order valence-electron chi connectivity index (χ2n) is 6.25. The van der Waals surface area contributed by atoms with Gasteiger partial charge in [-0.1, -0.05) is 18.2 Å². The molecule has 2 heterocycles. The lowest BCUT2D eigenvalue weighted by Gasteiger charge is -2.39. The van der Waals surface area contributed by atoms with E-state index in [9.17, 15) is 0 Å². The lowest BCUT2D eigenvalue weighted by Crippen LogP contribution is -2.53. The number of ether oxygens (including phenoxy) is 2. The minimum absolute atomic E-state index is 0.248. The molecule has 0 aliphatic carbocycles. The number of methoxy groups -OCH3 is 1. The number of imidazole rings is 1. The molecule has 0 N–H and O–H groups in total. The Morgan fingerprint density at radius 3 is 2.60 bits per heavy atom. The smallest absolute Gasteiger partial charge is 0.124 e. The Labute approximate surface area is 147 Å². The first-order chi connectivity index (χ1) is 12.3. The summed E-state index contributed by atoms with van der Waals surface area (Å²) < 4.78 is 13.2. The Morgan fingerprint density at radius 2 is 1.88 bits per heavy atom. The second-order valence-corrected chi connectivity index (χ2v) is 6.25. The lowest BCUT2D eigenvalue weighted by molar-refractivity contribution is 0.0145. The van der Waals surface area contributed by atoms with Gasteiger partial charge >= 0.3 is 0 Å². The highest BCUT2D eigenvalue weighted by atomic mass is 16.5. The van der Waals surface area contributed by atoms with Crippen LogP contribution in [0, 0.1) is 0 Å². The van der Waals surface area contributed by atoms with Crippen LogP contribution in [-0.2, 0) is 6.54 Å². The normalized spacial score (nSPS) is 14.9. The molecule has 1 saturated heterocycles. The summed E-state index contributed by atoms with van der Waals surface area (Å²) in [5.41, 5.74) is 2.44. The summed E-state index contributed by atoms with van der Waals surface area (Å²) in [4.78, 5) is 6.46. The molecule has 1 aromatic heterocycles. The first kappa shape index (κ1) is 15.7. The zero-order valence-electron chi connectivity index (χ0n) is 14.2. The van der Waals surface area contributed by atoms with Crippen LogP contribution in [-0.4, -0.2) is 40.8 Å². The molecule has 1 fully saturated rings. The second kappa shape index (κ2) is 6.99. The van der Waals surface area contributed by atoms with Crippen LogP contribution in [0.2, 0.25) is 0 Å². The van der Waals surface area contributed by atoms with Crippen molar-refractivity contribution >= 4 is 0 Å². The number of likely N-dealkylation sites (tertiary alicyclic amines) is 1. The molecule has 25 heavy (non-hydrogen) atoms. The van der Waals surface area contributed by atoms with Crippen LogP contribution in [0.5, 0.6) is 11.5 Å². The van der Waals surface area contributed by atoms with Gasteiger partial charge in [-0.05, 0) is 29.8 Å². The molecular weight excluding hydrogens is 314 g/mol. The molecule has 4 rings (SSSR count). The minimum Gasteiger partial charge on any atom is -0.497 e. The monoisotopic (exact) mass is 335 g/mol. The molecule has 5 nitrogen and oxygen atoms in total. The third-order valence-corrected chi connectivity index (χ3v) is 4.41. The third kappa shape index (κ3) is 3.67. The van der Waals surface area contributed by atoms with Gasteiger partial charge < -0.3 is 14.0 Å². The van der Waals surface area contributed by atoms with E-state index in [1.165, 1.54) is 5.56 Å². The molecule has 0 spiro atoms. The number of rotatable bonds is 6. The van der Waals surface area contributed by atoms with E-state index in [-0.39, 0.29) is 6.10 Å². The largest absolute Gasteiger partial charge is 0.497 e. The molecule has 2 aromatic carbocycles. The first-order valence-corrected chi connectivity index (χ1v) is 8.40. The molecule has 5 heteroatoms. The van der Waals surface area contributed by atoms with Gasteiger partial charge in [-0.3, -0.25) is 4.90 Å². The fraction of sp³-hybridized carbons (Fsp3) is 0.250. The van der Waals surface area contributed by atoms with Crippen molar-refractivity contribution in [1.82, 2.24) is 14.5 Å². The van der Waals surface area contributed by atoms with E-state index in [1.54, 1.807) is 13.3 Å². The minimum atomic E-state index is 0.248. The summed E-state index contributed by atoms with van der Waals surface area (Å²) >= 11 is 0. The van der Waals surface area contributed by atoms with Crippen molar-refractivity contribution in [3.05, 3.63) is 72.8 Å². The number of hydrogen-bond donors (Lipinski definition) is 0. The summed E-state index contributed by atoms with van der Waals surface area (Å²) in [5.74, 6) is 1.69. The summed E-state index contributed by atoms with van der Waals surface area (Å²) in [6, 6.07) is 16.4. The predicted molar refractivity (Wildman–Crippen MR) is 96.3 cm³/mol. The summed E-state index contributed by atoms with van der Waals surface area (Å²) in [5, 5.41) is 0. The average molecular weight is 335 g/mol. The average Bonchev–Trinajstić information content (AvgIpc) is 3.15. The van der Waals surface area contributed by atoms with Crippen molar-refractivity contribution in [2.75, 3.05) is 20.2 Å². The van der Waals surface area contributed by atoms with Gasteiger partial charge in [0.2, 0.25) is 0 Å². The van der Waals surface area contributed by atoms with Crippen LogP contribution in [0.25, 0.3) is 5.69 Å². The van der Waals surface area contributed by atoms with E-state index in [1.807, 2.05) is 41.4 Å². The fourth-order valence-corrected chi connectivity index (χ4v) is 3.04. The molecule has 0 saturated carbocycles. The van der Waals surface area contributed by atoms with Gasteiger partial charge in [-0.2, -0.15) is 0 Å². The molecule has 0 bridgehead atoms. The highest BCUT2D eigenvalue weighted by Crippen LogP contribution is 2.23. The van der Waals surface area contributed by atoms with E-state index in [4.69, 9.17) is 9.47 Å². The van der Waals surface area contributed by atoms with Gasteiger partial charge in [0.15, 0.2) is 0 Å². The zero-order valence-corrected chi connectivity index (χ0v) is 14.2. The molecule has 1 aliphatic rings. The molecule has 1 aliphatic heterocycles. The first-order valence-electron chi connectivity index (χ1n) is 8.40. The van der Waals surface area contributed by atoms with Crippen LogP contribution >= 0.6 is 0 Å². The molecular formula is C20H21N3O2.